The highest BCUT2D eigenvalue weighted by molar-refractivity contribution is 5.80. The molecule has 122 valence electrons. The Morgan fingerprint density at radius 2 is 2.35 bits per heavy atom. The number of primary amides is 1. The lowest BCUT2D eigenvalue weighted by Crippen LogP contribution is -2.47. The van der Waals surface area contributed by atoms with Crippen molar-refractivity contribution in [2.24, 2.45) is 11.7 Å². The van der Waals surface area contributed by atoms with Crippen LogP contribution < -0.4 is 11.1 Å². The SMILES string of the molecule is NC(=O)N1CCC[C@H](C(=O)NCc2noc(-c3ccco3)n2)C1. The summed E-state index contributed by atoms with van der Waals surface area (Å²) in [6.07, 6.45) is 2.99. The molecule has 3 N–H and O–H groups in total. The van der Waals surface area contributed by atoms with Crippen LogP contribution >= 0.6 is 0 Å². The zero-order valence-corrected chi connectivity index (χ0v) is 12.4. The Balaban J connectivity index is 1.54. The summed E-state index contributed by atoms with van der Waals surface area (Å²) >= 11 is 0. The number of rotatable bonds is 4. The van der Waals surface area contributed by atoms with Crippen LogP contribution in [0.1, 0.15) is 18.7 Å². The quantitative estimate of drug-likeness (QED) is 0.855. The van der Waals surface area contributed by atoms with Gasteiger partial charge < -0.3 is 24.9 Å². The topological polar surface area (TPSA) is 127 Å². The number of urea groups is 1. The van der Waals surface area contributed by atoms with Gasteiger partial charge in [-0.2, -0.15) is 4.98 Å². The van der Waals surface area contributed by atoms with Crippen LogP contribution in [0.25, 0.3) is 11.7 Å². The van der Waals surface area contributed by atoms with Crippen LogP contribution in [-0.4, -0.2) is 40.1 Å². The molecule has 0 unspecified atom stereocenters. The van der Waals surface area contributed by atoms with E-state index in [0.29, 0.717) is 24.7 Å². The molecule has 0 bridgehead atoms. The molecule has 1 saturated heterocycles. The second-order valence-corrected chi connectivity index (χ2v) is 5.33. The van der Waals surface area contributed by atoms with Crippen LogP contribution in [0.2, 0.25) is 0 Å². The van der Waals surface area contributed by atoms with Gasteiger partial charge >= 0.3 is 6.03 Å². The molecule has 1 fully saturated rings. The predicted octanol–water partition coefficient (Wildman–Crippen LogP) is 0.736. The van der Waals surface area contributed by atoms with Crippen molar-refractivity contribution in [1.82, 2.24) is 20.4 Å². The lowest BCUT2D eigenvalue weighted by atomic mass is 9.97. The Labute approximate surface area is 131 Å². The minimum atomic E-state index is -0.497. The maximum absolute atomic E-state index is 12.2. The first kappa shape index (κ1) is 15.1. The average molecular weight is 319 g/mol. The van der Waals surface area contributed by atoms with Gasteiger partial charge in [-0.25, -0.2) is 4.79 Å². The van der Waals surface area contributed by atoms with Crippen molar-refractivity contribution in [2.75, 3.05) is 13.1 Å². The molecule has 0 radical (unpaired) electrons. The summed E-state index contributed by atoms with van der Waals surface area (Å²) < 4.78 is 10.2. The second kappa shape index (κ2) is 6.51. The molecule has 2 aromatic heterocycles. The predicted molar refractivity (Wildman–Crippen MR) is 77.7 cm³/mol. The van der Waals surface area contributed by atoms with E-state index in [1.165, 1.54) is 11.2 Å². The van der Waals surface area contributed by atoms with Gasteiger partial charge in [0, 0.05) is 13.1 Å². The molecule has 3 heterocycles. The number of hydrogen-bond acceptors (Lipinski definition) is 6. The molecule has 0 aromatic carbocycles. The largest absolute Gasteiger partial charge is 0.459 e. The molecule has 1 aliphatic rings. The second-order valence-electron chi connectivity index (χ2n) is 5.33. The first-order valence-corrected chi connectivity index (χ1v) is 7.32. The number of nitrogens with zero attached hydrogens (tertiary/aromatic N) is 3. The fourth-order valence-corrected chi connectivity index (χ4v) is 2.53. The van der Waals surface area contributed by atoms with Gasteiger partial charge in [-0.05, 0) is 25.0 Å². The molecule has 0 saturated carbocycles. The number of carbonyl (C=O) groups excluding carboxylic acids is 2. The van der Waals surface area contributed by atoms with Crippen LogP contribution in [0, 0.1) is 5.92 Å². The fourth-order valence-electron chi connectivity index (χ4n) is 2.53. The van der Waals surface area contributed by atoms with E-state index in [4.69, 9.17) is 14.7 Å². The number of carbonyl (C=O) groups is 2. The van der Waals surface area contributed by atoms with Gasteiger partial charge in [0.15, 0.2) is 11.6 Å². The molecule has 0 aliphatic carbocycles. The van der Waals surface area contributed by atoms with Crippen LogP contribution in [0.3, 0.4) is 0 Å². The standard InChI is InChI=1S/C14H17N5O4/c15-14(21)19-5-1-3-9(8-19)12(20)16-7-11-17-13(23-18-11)10-4-2-6-22-10/h2,4,6,9H,1,3,5,7-8H2,(H2,15,21)(H,16,20)/t9-/m0/s1. The summed E-state index contributed by atoms with van der Waals surface area (Å²) in [7, 11) is 0. The number of amides is 3. The zero-order valence-electron chi connectivity index (χ0n) is 12.4. The van der Waals surface area contributed by atoms with E-state index in [1.54, 1.807) is 12.1 Å². The van der Waals surface area contributed by atoms with E-state index in [1.807, 2.05) is 0 Å². The lowest BCUT2D eigenvalue weighted by Gasteiger charge is -2.30. The molecule has 2 aromatic rings. The summed E-state index contributed by atoms with van der Waals surface area (Å²) in [5.41, 5.74) is 5.26. The first-order chi connectivity index (χ1) is 11.1. The third-order valence-electron chi connectivity index (χ3n) is 3.72. The van der Waals surface area contributed by atoms with Crippen molar-refractivity contribution in [1.29, 1.82) is 0 Å². The molecule has 1 aliphatic heterocycles. The van der Waals surface area contributed by atoms with Gasteiger partial charge in [0.2, 0.25) is 5.91 Å². The number of aromatic nitrogens is 2. The molecule has 0 spiro atoms. The normalized spacial score (nSPS) is 17.9. The van der Waals surface area contributed by atoms with Crippen LogP contribution in [0.15, 0.2) is 27.3 Å². The van der Waals surface area contributed by atoms with E-state index in [9.17, 15) is 9.59 Å². The average Bonchev–Trinajstić information content (AvgIpc) is 3.23. The van der Waals surface area contributed by atoms with E-state index >= 15 is 0 Å². The van der Waals surface area contributed by atoms with E-state index in [-0.39, 0.29) is 24.3 Å². The van der Waals surface area contributed by atoms with Gasteiger partial charge in [-0.1, -0.05) is 5.16 Å². The first-order valence-electron chi connectivity index (χ1n) is 7.32. The maximum atomic E-state index is 12.2. The zero-order chi connectivity index (χ0) is 16.2. The number of piperidine rings is 1. The summed E-state index contributed by atoms with van der Waals surface area (Å²) in [5.74, 6) is 0.664. The summed E-state index contributed by atoms with van der Waals surface area (Å²) in [4.78, 5) is 29.0. The minimum absolute atomic E-state index is 0.149. The number of likely N-dealkylation sites (tertiary alicyclic amines) is 1. The number of furan rings is 1. The summed E-state index contributed by atoms with van der Waals surface area (Å²) in [6.45, 7) is 1.08. The number of hydrogen-bond donors (Lipinski definition) is 2. The Morgan fingerprint density at radius 3 is 3.09 bits per heavy atom. The fraction of sp³-hybridized carbons (Fsp3) is 0.429. The van der Waals surface area contributed by atoms with Gasteiger partial charge in [0.05, 0.1) is 18.7 Å². The highest BCUT2D eigenvalue weighted by Crippen LogP contribution is 2.18. The number of nitrogens with two attached hydrogens (primary N) is 1. The minimum Gasteiger partial charge on any atom is -0.459 e. The Morgan fingerprint density at radius 1 is 1.48 bits per heavy atom. The Hall–Kier alpha value is -2.84. The molecular formula is C14H17N5O4. The van der Waals surface area contributed by atoms with Gasteiger partial charge in [0.1, 0.15) is 0 Å². The number of nitrogens with one attached hydrogen (secondary N) is 1. The van der Waals surface area contributed by atoms with E-state index in [2.05, 4.69) is 15.5 Å². The van der Waals surface area contributed by atoms with E-state index < -0.39 is 6.03 Å². The molecule has 3 rings (SSSR count). The van der Waals surface area contributed by atoms with Gasteiger partial charge in [0.25, 0.3) is 5.89 Å². The maximum Gasteiger partial charge on any atom is 0.314 e. The summed E-state index contributed by atoms with van der Waals surface area (Å²) in [5, 5.41) is 6.54. The summed E-state index contributed by atoms with van der Waals surface area (Å²) in [6, 6.07) is 2.92. The van der Waals surface area contributed by atoms with E-state index in [0.717, 1.165) is 12.8 Å². The Kier molecular flexibility index (Phi) is 4.26. The van der Waals surface area contributed by atoms with Crippen molar-refractivity contribution >= 4 is 11.9 Å². The molecular weight excluding hydrogens is 302 g/mol. The van der Waals surface area contributed by atoms with Gasteiger partial charge in [-0.3, -0.25) is 4.79 Å². The monoisotopic (exact) mass is 319 g/mol. The third kappa shape index (κ3) is 3.50. The van der Waals surface area contributed by atoms with Crippen molar-refractivity contribution in [3.05, 3.63) is 24.2 Å². The smallest absolute Gasteiger partial charge is 0.314 e. The van der Waals surface area contributed by atoms with Crippen LogP contribution in [0.4, 0.5) is 4.79 Å². The van der Waals surface area contributed by atoms with Crippen LogP contribution in [0.5, 0.6) is 0 Å². The highest BCUT2D eigenvalue weighted by atomic mass is 16.5. The van der Waals surface area contributed by atoms with Crippen molar-refractivity contribution in [2.45, 2.75) is 19.4 Å². The van der Waals surface area contributed by atoms with Gasteiger partial charge in [-0.15, -0.1) is 0 Å². The van der Waals surface area contributed by atoms with Crippen molar-refractivity contribution in [3.63, 3.8) is 0 Å². The Bertz CT molecular complexity index is 681. The van der Waals surface area contributed by atoms with Crippen molar-refractivity contribution in [3.8, 4) is 11.7 Å². The molecule has 1 atom stereocenters. The molecule has 3 amide bonds. The van der Waals surface area contributed by atoms with Crippen molar-refractivity contribution < 1.29 is 18.5 Å². The lowest BCUT2D eigenvalue weighted by molar-refractivity contribution is -0.126. The molecule has 9 heteroatoms. The van der Waals surface area contributed by atoms with Crippen LogP contribution in [-0.2, 0) is 11.3 Å². The molecule has 23 heavy (non-hydrogen) atoms. The molecule has 9 nitrogen and oxygen atoms in total. The highest BCUT2D eigenvalue weighted by Gasteiger charge is 2.27. The third-order valence-corrected chi connectivity index (χ3v) is 3.72.